The Labute approximate surface area is 175 Å². The molecule has 1 heterocycles. The molecule has 0 radical (unpaired) electrons. The van der Waals surface area contributed by atoms with Crippen LogP contribution in [-0.2, 0) is 5.41 Å². The number of hydrogen-bond donors (Lipinski definition) is 0. The van der Waals surface area contributed by atoms with Crippen LogP contribution in [0.4, 0.5) is 0 Å². The van der Waals surface area contributed by atoms with Crippen LogP contribution in [0, 0.1) is 0 Å². The van der Waals surface area contributed by atoms with Crippen molar-refractivity contribution in [3.05, 3.63) is 101 Å². The lowest BCUT2D eigenvalue weighted by molar-refractivity contribution is 0.666. The summed E-state index contributed by atoms with van der Waals surface area (Å²) in [6.45, 7) is 4.64. The molecule has 4 aromatic carbocycles. The Bertz CT molecular complexity index is 1420. The third kappa shape index (κ3) is 2.11. The standard InChI is InChI=1S/C27H20ClN/c1-27(2)20-14-8-6-12-18(20)24-21(28)16-23-25(26(24)27)19-13-7-9-15-22(19)29(23)17-10-4-3-5-11-17/h3-16H,1-2H3. The lowest BCUT2D eigenvalue weighted by Crippen LogP contribution is -2.15. The van der Waals surface area contributed by atoms with Gasteiger partial charge < -0.3 is 4.57 Å². The average molecular weight is 394 g/mol. The maximum absolute atomic E-state index is 6.98. The van der Waals surface area contributed by atoms with Crippen molar-refractivity contribution in [2.75, 3.05) is 0 Å². The summed E-state index contributed by atoms with van der Waals surface area (Å²) in [5.41, 5.74) is 8.57. The number of benzene rings is 4. The van der Waals surface area contributed by atoms with E-state index in [0.29, 0.717) is 0 Å². The highest BCUT2D eigenvalue weighted by Gasteiger charge is 2.39. The molecule has 5 aromatic rings. The van der Waals surface area contributed by atoms with Gasteiger partial charge >= 0.3 is 0 Å². The molecule has 140 valence electrons. The summed E-state index contributed by atoms with van der Waals surface area (Å²) in [7, 11) is 0. The monoisotopic (exact) mass is 393 g/mol. The van der Waals surface area contributed by atoms with Gasteiger partial charge in [-0.05, 0) is 41.0 Å². The van der Waals surface area contributed by atoms with Crippen molar-refractivity contribution in [3.8, 4) is 16.8 Å². The van der Waals surface area contributed by atoms with Crippen LogP contribution in [0.1, 0.15) is 25.0 Å². The Kier molecular flexibility index (Phi) is 3.34. The van der Waals surface area contributed by atoms with Crippen molar-refractivity contribution >= 4 is 33.4 Å². The highest BCUT2D eigenvalue weighted by Crippen LogP contribution is 2.55. The molecule has 0 N–H and O–H groups in total. The maximum Gasteiger partial charge on any atom is 0.0559 e. The summed E-state index contributed by atoms with van der Waals surface area (Å²) in [5, 5.41) is 3.41. The molecule has 0 unspecified atom stereocenters. The summed E-state index contributed by atoms with van der Waals surface area (Å²) < 4.78 is 2.34. The first-order valence-corrected chi connectivity index (χ1v) is 10.4. The molecule has 0 aliphatic heterocycles. The van der Waals surface area contributed by atoms with Crippen LogP contribution in [0.3, 0.4) is 0 Å². The highest BCUT2D eigenvalue weighted by molar-refractivity contribution is 6.35. The zero-order valence-electron chi connectivity index (χ0n) is 16.4. The molecule has 6 rings (SSSR count). The molecule has 0 spiro atoms. The van der Waals surface area contributed by atoms with Gasteiger partial charge in [-0.15, -0.1) is 0 Å². The molecule has 0 amide bonds. The summed E-state index contributed by atoms with van der Waals surface area (Å²) in [4.78, 5) is 0. The van der Waals surface area contributed by atoms with Crippen LogP contribution in [0.5, 0.6) is 0 Å². The average Bonchev–Trinajstić information content (AvgIpc) is 3.18. The zero-order valence-corrected chi connectivity index (χ0v) is 17.2. The van der Waals surface area contributed by atoms with Gasteiger partial charge in [-0.25, -0.2) is 0 Å². The number of para-hydroxylation sites is 2. The second-order valence-corrected chi connectivity index (χ2v) is 8.77. The topological polar surface area (TPSA) is 4.93 Å². The van der Waals surface area contributed by atoms with E-state index in [9.17, 15) is 0 Å². The second kappa shape index (κ2) is 5.75. The molecular weight excluding hydrogens is 374 g/mol. The van der Waals surface area contributed by atoms with Crippen LogP contribution >= 0.6 is 11.6 Å². The minimum atomic E-state index is -0.110. The number of halogens is 1. The fourth-order valence-electron chi connectivity index (χ4n) is 5.22. The molecule has 2 heteroatoms. The fourth-order valence-corrected chi connectivity index (χ4v) is 5.52. The van der Waals surface area contributed by atoms with Crippen LogP contribution in [-0.4, -0.2) is 4.57 Å². The smallest absolute Gasteiger partial charge is 0.0559 e. The van der Waals surface area contributed by atoms with E-state index in [2.05, 4.69) is 103 Å². The Hall–Kier alpha value is -3.03. The third-order valence-electron chi connectivity index (χ3n) is 6.42. The van der Waals surface area contributed by atoms with E-state index in [1.165, 1.54) is 44.1 Å². The predicted molar refractivity (Wildman–Crippen MR) is 123 cm³/mol. The quantitative estimate of drug-likeness (QED) is 0.274. The van der Waals surface area contributed by atoms with E-state index in [1.54, 1.807) is 0 Å². The number of fused-ring (bicyclic) bond motifs is 7. The van der Waals surface area contributed by atoms with Gasteiger partial charge in [0.1, 0.15) is 0 Å². The van der Waals surface area contributed by atoms with E-state index in [0.717, 1.165) is 10.7 Å². The predicted octanol–water partition coefficient (Wildman–Crippen LogP) is 7.74. The maximum atomic E-state index is 6.98. The number of nitrogens with zero attached hydrogens (tertiary/aromatic N) is 1. The SMILES string of the molecule is CC1(C)c2ccccc2-c2c(Cl)cc3c(c21)c1ccccc1n3-c1ccccc1. The van der Waals surface area contributed by atoms with Crippen molar-refractivity contribution in [1.29, 1.82) is 0 Å². The number of aromatic nitrogens is 1. The first-order valence-electron chi connectivity index (χ1n) is 10.0. The van der Waals surface area contributed by atoms with Gasteiger partial charge in [0, 0.05) is 27.4 Å². The van der Waals surface area contributed by atoms with E-state index in [1.807, 2.05) is 0 Å². The Morgan fingerprint density at radius 1 is 0.759 bits per heavy atom. The van der Waals surface area contributed by atoms with Gasteiger partial charge in [0.15, 0.2) is 0 Å². The Balaban J connectivity index is 1.87. The number of hydrogen-bond acceptors (Lipinski definition) is 0. The zero-order chi connectivity index (χ0) is 19.8. The van der Waals surface area contributed by atoms with Crippen molar-refractivity contribution in [2.45, 2.75) is 19.3 Å². The van der Waals surface area contributed by atoms with E-state index >= 15 is 0 Å². The first-order chi connectivity index (χ1) is 14.1. The van der Waals surface area contributed by atoms with Crippen molar-refractivity contribution in [1.82, 2.24) is 4.57 Å². The molecule has 0 saturated carbocycles. The first kappa shape index (κ1) is 16.9. The minimum Gasteiger partial charge on any atom is -0.309 e. The molecule has 0 bridgehead atoms. The van der Waals surface area contributed by atoms with Crippen molar-refractivity contribution in [2.24, 2.45) is 0 Å². The van der Waals surface area contributed by atoms with Crippen LogP contribution in [0.25, 0.3) is 38.6 Å². The number of rotatable bonds is 1. The largest absolute Gasteiger partial charge is 0.309 e. The Morgan fingerprint density at radius 2 is 1.45 bits per heavy atom. The van der Waals surface area contributed by atoms with E-state index in [-0.39, 0.29) is 5.41 Å². The third-order valence-corrected chi connectivity index (χ3v) is 6.72. The molecule has 0 fully saturated rings. The summed E-state index contributed by atoms with van der Waals surface area (Å²) >= 11 is 6.98. The summed E-state index contributed by atoms with van der Waals surface area (Å²) in [6, 6.07) is 30.1. The molecule has 1 nitrogen and oxygen atoms in total. The molecular formula is C27H20ClN. The van der Waals surface area contributed by atoms with Gasteiger partial charge in [-0.2, -0.15) is 0 Å². The van der Waals surface area contributed by atoms with E-state index < -0.39 is 0 Å². The van der Waals surface area contributed by atoms with Crippen LogP contribution < -0.4 is 0 Å². The normalized spacial score (nSPS) is 14.3. The lowest BCUT2D eigenvalue weighted by atomic mass is 9.80. The van der Waals surface area contributed by atoms with Gasteiger partial charge in [-0.1, -0.05) is 86.1 Å². The second-order valence-electron chi connectivity index (χ2n) is 8.36. The van der Waals surface area contributed by atoms with Gasteiger partial charge in [-0.3, -0.25) is 0 Å². The highest BCUT2D eigenvalue weighted by atomic mass is 35.5. The molecule has 1 aliphatic rings. The molecule has 0 atom stereocenters. The molecule has 1 aliphatic carbocycles. The minimum absolute atomic E-state index is 0.110. The van der Waals surface area contributed by atoms with Crippen molar-refractivity contribution < 1.29 is 0 Å². The summed E-state index contributed by atoms with van der Waals surface area (Å²) in [6.07, 6.45) is 0. The molecule has 1 aromatic heterocycles. The fraction of sp³-hybridized carbons (Fsp3) is 0.111. The van der Waals surface area contributed by atoms with Gasteiger partial charge in [0.2, 0.25) is 0 Å². The van der Waals surface area contributed by atoms with Gasteiger partial charge in [0.25, 0.3) is 0 Å². The van der Waals surface area contributed by atoms with E-state index in [4.69, 9.17) is 11.6 Å². The molecule has 0 saturated heterocycles. The van der Waals surface area contributed by atoms with Gasteiger partial charge in [0.05, 0.1) is 16.1 Å². The van der Waals surface area contributed by atoms with Crippen LogP contribution in [0.15, 0.2) is 84.9 Å². The van der Waals surface area contributed by atoms with Crippen molar-refractivity contribution in [3.63, 3.8) is 0 Å². The molecule has 29 heavy (non-hydrogen) atoms. The Morgan fingerprint density at radius 3 is 2.28 bits per heavy atom. The van der Waals surface area contributed by atoms with Crippen LogP contribution in [0.2, 0.25) is 5.02 Å². The lowest BCUT2D eigenvalue weighted by Gasteiger charge is -2.23. The summed E-state index contributed by atoms with van der Waals surface area (Å²) in [5.74, 6) is 0.